The summed E-state index contributed by atoms with van der Waals surface area (Å²) in [5, 5.41) is 0. The van der Waals surface area contributed by atoms with E-state index in [1.807, 2.05) is 6.07 Å². The number of nitrogens with zero attached hydrogens (tertiary/aromatic N) is 1. The van der Waals surface area contributed by atoms with Gasteiger partial charge < -0.3 is 10.6 Å². The van der Waals surface area contributed by atoms with Crippen LogP contribution in [0.1, 0.15) is 44.1 Å². The summed E-state index contributed by atoms with van der Waals surface area (Å²) < 4.78 is 13.7. The van der Waals surface area contributed by atoms with Crippen molar-refractivity contribution in [2.45, 2.75) is 43.9 Å². The number of anilines is 1. The lowest BCUT2D eigenvalue weighted by molar-refractivity contribution is 0.252. The van der Waals surface area contributed by atoms with Crippen LogP contribution in [0.3, 0.4) is 0 Å². The Morgan fingerprint density at radius 3 is 2.42 bits per heavy atom. The minimum Gasteiger partial charge on any atom is -0.371 e. The van der Waals surface area contributed by atoms with Gasteiger partial charge in [0.15, 0.2) is 0 Å². The maximum atomic E-state index is 13.7. The smallest absolute Gasteiger partial charge is 0.123 e. The van der Waals surface area contributed by atoms with Crippen LogP contribution in [0.5, 0.6) is 0 Å². The molecule has 2 nitrogen and oxygen atoms in total. The van der Waals surface area contributed by atoms with Crippen LogP contribution in [-0.2, 0) is 5.41 Å². The third-order valence-corrected chi connectivity index (χ3v) is 4.93. The van der Waals surface area contributed by atoms with Gasteiger partial charge in [0.05, 0.1) is 0 Å². The first-order chi connectivity index (χ1) is 9.25. The zero-order chi connectivity index (χ0) is 13.3. The van der Waals surface area contributed by atoms with Gasteiger partial charge in [-0.1, -0.05) is 6.42 Å². The third-order valence-electron chi connectivity index (χ3n) is 4.93. The molecule has 1 heterocycles. The second-order valence-corrected chi connectivity index (χ2v) is 6.05. The van der Waals surface area contributed by atoms with Crippen molar-refractivity contribution < 1.29 is 4.39 Å². The van der Waals surface area contributed by atoms with Crippen LogP contribution in [0, 0.1) is 5.82 Å². The molecule has 1 aromatic carbocycles. The first-order valence-electron chi connectivity index (χ1n) is 7.50. The normalized spacial score (nSPS) is 22.1. The van der Waals surface area contributed by atoms with Crippen molar-refractivity contribution in [3.8, 4) is 0 Å². The van der Waals surface area contributed by atoms with Gasteiger partial charge in [-0.05, 0) is 55.9 Å². The van der Waals surface area contributed by atoms with Crippen LogP contribution in [-0.4, -0.2) is 19.6 Å². The number of piperidine rings is 1. The van der Waals surface area contributed by atoms with E-state index in [4.69, 9.17) is 5.73 Å². The summed E-state index contributed by atoms with van der Waals surface area (Å²) in [7, 11) is 0. The average Bonchev–Trinajstić information content (AvgIpc) is 2.39. The first kappa shape index (κ1) is 12.9. The highest BCUT2D eigenvalue weighted by atomic mass is 19.1. The van der Waals surface area contributed by atoms with Crippen LogP contribution in [0.2, 0.25) is 0 Å². The van der Waals surface area contributed by atoms with Crippen molar-refractivity contribution in [2.24, 2.45) is 5.73 Å². The molecule has 3 heteroatoms. The topological polar surface area (TPSA) is 29.3 Å². The summed E-state index contributed by atoms with van der Waals surface area (Å²) in [5.74, 6) is -0.129. The fourth-order valence-electron chi connectivity index (χ4n) is 3.53. The van der Waals surface area contributed by atoms with Crippen LogP contribution in [0.25, 0.3) is 0 Å². The van der Waals surface area contributed by atoms with E-state index < -0.39 is 0 Å². The fourth-order valence-corrected chi connectivity index (χ4v) is 3.53. The molecular weight excluding hydrogens is 239 g/mol. The number of benzene rings is 1. The fraction of sp³-hybridized carbons (Fsp3) is 0.625. The Morgan fingerprint density at radius 2 is 1.84 bits per heavy atom. The summed E-state index contributed by atoms with van der Waals surface area (Å²) >= 11 is 0. The van der Waals surface area contributed by atoms with Crippen molar-refractivity contribution in [2.75, 3.05) is 24.5 Å². The standard InChI is InChI=1S/C16H23FN2/c17-13-5-6-15(19-9-2-1-3-10-19)14(11-13)16(12-18)7-4-8-16/h5-6,11H,1-4,7-10,12,18H2. The van der Waals surface area contributed by atoms with Crippen LogP contribution in [0.15, 0.2) is 18.2 Å². The Kier molecular flexibility index (Phi) is 3.48. The van der Waals surface area contributed by atoms with Crippen molar-refractivity contribution in [3.05, 3.63) is 29.6 Å². The van der Waals surface area contributed by atoms with Gasteiger partial charge >= 0.3 is 0 Å². The zero-order valence-corrected chi connectivity index (χ0v) is 11.5. The van der Waals surface area contributed by atoms with E-state index in [1.165, 1.54) is 31.4 Å². The molecule has 0 atom stereocenters. The molecule has 0 aromatic heterocycles. The average molecular weight is 262 g/mol. The van der Waals surface area contributed by atoms with E-state index >= 15 is 0 Å². The molecule has 2 N–H and O–H groups in total. The van der Waals surface area contributed by atoms with Crippen LogP contribution < -0.4 is 10.6 Å². The molecule has 0 spiro atoms. The van der Waals surface area contributed by atoms with Gasteiger partial charge in [0, 0.05) is 30.7 Å². The van der Waals surface area contributed by atoms with Gasteiger partial charge in [-0.15, -0.1) is 0 Å². The molecule has 2 aliphatic rings. The number of nitrogens with two attached hydrogens (primary N) is 1. The summed E-state index contributed by atoms with van der Waals surface area (Å²) in [5.41, 5.74) is 8.43. The first-order valence-corrected chi connectivity index (χ1v) is 7.50. The van der Waals surface area contributed by atoms with Gasteiger partial charge in [-0.3, -0.25) is 0 Å². The lowest BCUT2D eigenvalue weighted by Crippen LogP contribution is -2.43. The Labute approximate surface area is 114 Å². The largest absolute Gasteiger partial charge is 0.371 e. The van der Waals surface area contributed by atoms with E-state index in [9.17, 15) is 4.39 Å². The molecule has 0 radical (unpaired) electrons. The number of rotatable bonds is 3. The van der Waals surface area contributed by atoms with Crippen LogP contribution >= 0.6 is 0 Å². The van der Waals surface area contributed by atoms with E-state index in [1.54, 1.807) is 12.1 Å². The van der Waals surface area contributed by atoms with Gasteiger partial charge in [-0.25, -0.2) is 4.39 Å². The Bertz CT molecular complexity index is 443. The molecule has 104 valence electrons. The molecule has 3 rings (SSSR count). The Morgan fingerprint density at radius 1 is 1.11 bits per heavy atom. The van der Waals surface area contributed by atoms with Crippen molar-refractivity contribution in [1.29, 1.82) is 0 Å². The lowest BCUT2D eigenvalue weighted by atomic mass is 9.64. The van der Waals surface area contributed by atoms with Crippen molar-refractivity contribution >= 4 is 5.69 Å². The molecule has 1 aliphatic carbocycles. The van der Waals surface area contributed by atoms with Gasteiger partial charge in [0.2, 0.25) is 0 Å². The predicted octanol–water partition coefficient (Wildman–Crippen LogP) is 3.20. The van der Waals surface area contributed by atoms with Gasteiger partial charge in [0.1, 0.15) is 5.82 Å². The van der Waals surface area contributed by atoms with Crippen molar-refractivity contribution in [3.63, 3.8) is 0 Å². The number of halogens is 1. The summed E-state index contributed by atoms with van der Waals surface area (Å²) in [6, 6.07) is 5.29. The molecule has 0 amide bonds. The van der Waals surface area contributed by atoms with E-state index in [0.29, 0.717) is 6.54 Å². The molecule has 0 bridgehead atoms. The van der Waals surface area contributed by atoms with Crippen LogP contribution in [0.4, 0.5) is 10.1 Å². The predicted molar refractivity (Wildman–Crippen MR) is 77.0 cm³/mol. The molecule has 1 saturated carbocycles. The molecule has 0 unspecified atom stereocenters. The zero-order valence-electron chi connectivity index (χ0n) is 11.5. The molecule has 19 heavy (non-hydrogen) atoms. The molecular formula is C16H23FN2. The maximum Gasteiger partial charge on any atom is 0.123 e. The maximum absolute atomic E-state index is 13.7. The summed E-state index contributed by atoms with van der Waals surface area (Å²) in [4.78, 5) is 2.42. The Hall–Kier alpha value is -1.09. The van der Waals surface area contributed by atoms with Crippen molar-refractivity contribution in [1.82, 2.24) is 0 Å². The second kappa shape index (κ2) is 5.12. The van der Waals surface area contributed by atoms with E-state index in [-0.39, 0.29) is 11.2 Å². The third kappa shape index (κ3) is 2.25. The number of hydrogen-bond acceptors (Lipinski definition) is 2. The summed E-state index contributed by atoms with van der Waals surface area (Å²) in [6.45, 7) is 2.83. The molecule has 1 saturated heterocycles. The lowest BCUT2D eigenvalue weighted by Gasteiger charge is -2.44. The van der Waals surface area contributed by atoms with E-state index in [2.05, 4.69) is 4.90 Å². The highest BCUT2D eigenvalue weighted by Gasteiger charge is 2.40. The quantitative estimate of drug-likeness (QED) is 0.906. The second-order valence-electron chi connectivity index (χ2n) is 6.05. The minimum atomic E-state index is -0.129. The highest BCUT2D eigenvalue weighted by molar-refractivity contribution is 5.58. The SMILES string of the molecule is NCC1(c2cc(F)ccc2N2CCCCC2)CCC1. The number of hydrogen-bond donors (Lipinski definition) is 1. The monoisotopic (exact) mass is 262 g/mol. The molecule has 1 aliphatic heterocycles. The highest BCUT2D eigenvalue weighted by Crippen LogP contribution is 2.46. The summed E-state index contributed by atoms with van der Waals surface area (Å²) in [6.07, 6.45) is 7.22. The minimum absolute atomic E-state index is 0.0366. The molecule has 2 fully saturated rings. The van der Waals surface area contributed by atoms with E-state index in [0.717, 1.165) is 31.5 Å². The molecule has 1 aromatic rings. The van der Waals surface area contributed by atoms with Gasteiger partial charge in [0.25, 0.3) is 0 Å². The van der Waals surface area contributed by atoms with Gasteiger partial charge in [-0.2, -0.15) is 0 Å². The Balaban J connectivity index is 1.98.